The number of anilines is 3. The maximum absolute atomic E-state index is 13.4. The number of aromatic amines is 1. The van der Waals surface area contributed by atoms with Gasteiger partial charge in [0.25, 0.3) is 10.2 Å². The van der Waals surface area contributed by atoms with Crippen molar-refractivity contribution in [1.82, 2.24) is 28.8 Å². The van der Waals surface area contributed by atoms with Crippen molar-refractivity contribution in [3.63, 3.8) is 0 Å². The Labute approximate surface area is 222 Å². The molecule has 2 bridgehead atoms. The van der Waals surface area contributed by atoms with E-state index in [-0.39, 0.29) is 37.1 Å². The predicted molar refractivity (Wildman–Crippen MR) is 138 cm³/mol. The average molecular weight is 544 g/mol. The first-order valence-electron chi connectivity index (χ1n) is 13.1. The molecule has 14 heteroatoms. The standard InChI is InChI=1S/C24H33N9O4S/c1-31(19-6-17-4-3-5-18(7-19)33(17)38(34,35)32-11-15(10-25)12-32)24-27-21(9-23(28-24)36-2)26-22-8-20(29-30-22)16-13-37-14-16/h8-9,15-19H,3-7,11-14H2,1-2H3,(H2,26,27,28,29,30)/t17-,18+,19?. The zero-order chi connectivity index (χ0) is 26.4. The molecule has 2 aromatic heterocycles. The molecule has 6 rings (SSSR count). The second-order valence-corrected chi connectivity index (χ2v) is 12.5. The Morgan fingerprint density at radius 2 is 1.92 bits per heavy atom. The molecule has 4 aliphatic rings. The van der Waals surface area contributed by atoms with Crippen LogP contribution in [0.2, 0.25) is 0 Å². The lowest BCUT2D eigenvalue weighted by molar-refractivity contribution is 0.00670. The summed E-state index contributed by atoms with van der Waals surface area (Å²) in [6.07, 6.45) is 4.05. The summed E-state index contributed by atoms with van der Waals surface area (Å²) in [5.74, 6) is 2.28. The highest BCUT2D eigenvalue weighted by Gasteiger charge is 2.50. The molecule has 3 atom stereocenters. The van der Waals surface area contributed by atoms with Gasteiger partial charge in [0.15, 0.2) is 5.82 Å². The number of nitriles is 1. The van der Waals surface area contributed by atoms with Crippen molar-refractivity contribution in [3.8, 4) is 11.9 Å². The number of aromatic nitrogens is 4. The van der Waals surface area contributed by atoms with E-state index >= 15 is 0 Å². The third-order valence-corrected chi connectivity index (χ3v) is 10.3. The number of ether oxygens (including phenoxy) is 2. The minimum Gasteiger partial charge on any atom is -0.481 e. The highest BCUT2D eigenvalue weighted by Crippen LogP contribution is 2.40. The minimum atomic E-state index is -3.58. The smallest absolute Gasteiger partial charge is 0.282 e. The van der Waals surface area contributed by atoms with Crippen LogP contribution in [0.25, 0.3) is 0 Å². The van der Waals surface area contributed by atoms with Crippen molar-refractivity contribution in [2.75, 3.05) is 50.7 Å². The number of hydrogen-bond donors (Lipinski definition) is 2. The van der Waals surface area contributed by atoms with Gasteiger partial charge >= 0.3 is 0 Å². The van der Waals surface area contributed by atoms with Crippen LogP contribution < -0.4 is 15.0 Å². The van der Waals surface area contributed by atoms with Crippen LogP contribution in [0, 0.1) is 17.2 Å². The van der Waals surface area contributed by atoms with E-state index in [1.165, 1.54) is 4.31 Å². The molecule has 0 aromatic carbocycles. The zero-order valence-electron chi connectivity index (χ0n) is 21.6. The van der Waals surface area contributed by atoms with E-state index in [0.29, 0.717) is 55.4 Å². The van der Waals surface area contributed by atoms with E-state index < -0.39 is 10.2 Å². The molecule has 1 unspecified atom stereocenters. The van der Waals surface area contributed by atoms with E-state index in [4.69, 9.17) is 19.7 Å². The highest BCUT2D eigenvalue weighted by atomic mass is 32.2. The summed E-state index contributed by atoms with van der Waals surface area (Å²) in [5, 5.41) is 19.7. The van der Waals surface area contributed by atoms with Crippen molar-refractivity contribution in [2.45, 2.75) is 56.1 Å². The number of nitrogens with one attached hydrogen (secondary N) is 2. The van der Waals surface area contributed by atoms with Gasteiger partial charge in [-0.05, 0) is 25.7 Å². The number of fused-ring (bicyclic) bond motifs is 2. The molecule has 4 fully saturated rings. The van der Waals surface area contributed by atoms with Gasteiger partial charge in [0.1, 0.15) is 5.82 Å². The first kappa shape index (κ1) is 25.3. The first-order chi connectivity index (χ1) is 18.4. The number of piperidine rings is 2. The lowest BCUT2D eigenvalue weighted by Crippen LogP contribution is -2.64. The number of hydrogen-bond acceptors (Lipinski definition) is 10. The number of rotatable bonds is 8. The van der Waals surface area contributed by atoms with Crippen LogP contribution in [-0.4, -0.2) is 95.8 Å². The van der Waals surface area contributed by atoms with Crippen molar-refractivity contribution < 1.29 is 17.9 Å². The Bertz CT molecular complexity index is 1300. The van der Waals surface area contributed by atoms with Gasteiger partial charge in [-0.1, -0.05) is 6.42 Å². The second kappa shape index (κ2) is 9.96. The average Bonchev–Trinajstić information content (AvgIpc) is 3.27. The Morgan fingerprint density at radius 3 is 2.55 bits per heavy atom. The fourth-order valence-electron chi connectivity index (χ4n) is 5.90. The summed E-state index contributed by atoms with van der Waals surface area (Å²) in [5.41, 5.74) is 1.02. The summed E-state index contributed by atoms with van der Waals surface area (Å²) >= 11 is 0. The third kappa shape index (κ3) is 4.57. The molecule has 13 nitrogen and oxygen atoms in total. The number of methoxy groups -OCH3 is 1. The molecule has 204 valence electrons. The van der Waals surface area contributed by atoms with E-state index in [2.05, 4.69) is 26.6 Å². The Hall–Kier alpha value is -2.99. The molecule has 0 spiro atoms. The fourth-order valence-corrected chi connectivity index (χ4v) is 8.04. The molecule has 0 aliphatic carbocycles. The van der Waals surface area contributed by atoms with Crippen molar-refractivity contribution >= 4 is 27.8 Å². The van der Waals surface area contributed by atoms with Gasteiger partial charge in [0.2, 0.25) is 11.8 Å². The van der Waals surface area contributed by atoms with Crippen molar-refractivity contribution in [3.05, 3.63) is 17.8 Å². The monoisotopic (exact) mass is 543 g/mol. The molecule has 4 saturated heterocycles. The van der Waals surface area contributed by atoms with Gasteiger partial charge in [-0.25, -0.2) is 0 Å². The van der Waals surface area contributed by atoms with Crippen LogP contribution in [0.3, 0.4) is 0 Å². The number of nitrogens with zero attached hydrogens (tertiary/aromatic N) is 7. The van der Waals surface area contributed by atoms with Gasteiger partial charge in [-0.2, -0.15) is 37.4 Å². The van der Waals surface area contributed by atoms with Crippen molar-refractivity contribution in [1.29, 1.82) is 5.26 Å². The van der Waals surface area contributed by atoms with Crippen LogP contribution >= 0.6 is 0 Å². The maximum Gasteiger partial charge on any atom is 0.282 e. The van der Waals surface area contributed by atoms with E-state index in [1.54, 1.807) is 17.5 Å². The first-order valence-corrected chi connectivity index (χ1v) is 14.5. The number of H-pyrrole nitrogens is 1. The Kier molecular flexibility index (Phi) is 6.63. The topological polar surface area (TPSA) is 153 Å². The second-order valence-electron chi connectivity index (χ2n) is 10.6. The largest absolute Gasteiger partial charge is 0.481 e. The molecule has 2 N–H and O–H groups in total. The molecule has 4 aliphatic heterocycles. The van der Waals surface area contributed by atoms with E-state index in [1.807, 2.05) is 18.0 Å². The normalized spacial score (nSPS) is 26.7. The Morgan fingerprint density at radius 1 is 1.18 bits per heavy atom. The highest BCUT2D eigenvalue weighted by molar-refractivity contribution is 7.86. The van der Waals surface area contributed by atoms with Gasteiger partial charge in [0, 0.05) is 62.0 Å². The molecule has 6 heterocycles. The Balaban J connectivity index is 1.18. The summed E-state index contributed by atoms with van der Waals surface area (Å²) in [7, 11) is -0.0507. The van der Waals surface area contributed by atoms with Gasteiger partial charge in [-0.15, -0.1) is 0 Å². The molecule has 0 amide bonds. The lowest BCUT2D eigenvalue weighted by Gasteiger charge is -2.51. The predicted octanol–water partition coefficient (Wildman–Crippen LogP) is 1.59. The van der Waals surface area contributed by atoms with Crippen molar-refractivity contribution in [2.24, 2.45) is 5.92 Å². The van der Waals surface area contributed by atoms with E-state index in [9.17, 15) is 8.42 Å². The molecular weight excluding hydrogens is 510 g/mol. The molecule has 0 radical (unpaired) electrons. The van der Waals surface area contributed by atoms with Crippen LogP contribution in [-0.2, 0) is 14.9 Å². The summed E-state index contributed by atoms with van der Waals surface area (Å²) < 4.78 is 40.8. The van der Waals surface area contributed by atoms with Gasteiger partial charge < -0.3 is 19.7 Å². The summed E-state index contributed by atoms with van der Waals surface area (Å²) in [6, 6.07) is 5.77. The van der Waals surface area contributed by atoms with Crippen LogP contribution in [0.4, 0.5) is 17.6 Å². The minimum absolute atomic E-state index is 0.0792. The van der Waals surface area contributed by atoms with Crippen LogP contribution in [0.1, 0.15) is 43.7 Å². The van der Waals surface area contributed by atoms with Crippen LogP contribution in [0.5, 0.6) is 5.88 Å². The lowest BCUT2D eigenvalue weighted by atomic mass is 9.83. The van der Waals surface area contributed by atoms with Gasteiger partial charge in [-0.3, -0.25) is 5.10 Å². The SMILES string of the molecule is COc1cc(Nc2cc(C3COC3)[nH]n2)nc(N(C)C2C[C@H]3CCC[C@@H](C2)N3S(=O)(=O)N2CC(C#N)C2)n1. The molecule has 38 heavy (non-hydrogen) atoms. The molecule has 0 saturated carbocycles. The van der Waals surface area contributed by atoms with Crippen LogP contribution in [0.15, 0.2) is 12.1 Å². The van der Waals surface area contributed by atoms with Gasteiger partial charge in [0.05, 0.1) is 32.3 Å². The quantitative estimate of drug-likeness (QED) is 0.502. The molecule has 2 aromatic rings. The maximum atomic E-state index is 13.4. The fraction of sp³-hybridized carbons (Fsp3) is 0.667. The summed E-state index contributed by atoms with van der Waals surface area (Å²) in [4.78, 5) is 11.4. The van der Waals surface area contributed by atoms with E-state index in [0.717, 1.165) is 25.0 Å². The molecular formula is C24H33N9O4S. The zero-order valence-corrected chi connectivity index (χ0v) is 22.4. The summed E-state index contributed by atoms with van der Waals surface area (Å²) in [6.45, 7) is 1.96. The third-order valence-electron chi connectivity index (χ3n) is 8.20.